The molecule has 0 fully saturated rings. The molecule has 0 aliphatic heterocycles. The van der Waals surface area contributed by atoms with E-state index in [0.717, 1.165) is 0 Å². The van der Waals surface area contributed by atoms with Crippen molar-refractivity contribution in [2.24, 2.45) is 5.73 Å². The van der Waals surface area contributed by atoms with Crippen molar-refractivity contribution in [2.75, 3.05) is 19.8 Å². The molecule has 6 nitrogen and oxygen atoms in total. The van der Waals surface area contributed by atoms with Crippen LogP contribution in [0.15, 0.2) is 48.5 Å². The maximum atomic E-state index is 12.0. The van der Waals surface area contributed by atoms with Crippen LogP contribution in [0.1, 0.15) is 10.4 Å². The Morgan fingerprint density at radius 3 is 2.17 bits per heavy atom. The van der Waals surface area contributed by atoms with Crippen LogP contribution in [0, 0.1) is 0 Å². The largest absolute Gasteiger partial charge is 0.492 e. The number of benzene rings is 2. The Balaban J connectivity index is 1.73. The highest BCUT2D eigenvalue weighted by Crippen LogP contribution is 2.15. The van der Waals surface area contributed by atoms with Gasteiger partial charge >= 0.3 is 0 Å². The molecule has 0 aliphatic carbocycles. The van der Waals surface area contributed by atoms with Crippen molar-refractivity contribution >= 4 is 23.4 Å². The van der Waals surface area contributed by atoms with Crippen LogP contribution < -0.4 is 20.5 Å². The number of rotatable bonds is 8. The number of carbonyl (C=O) groups excluding carboxylic acids is 2. The summed E-state index contributed by atoms with van der Waals surface area (Å²) in [5.41, 5.74) is 5.47. The van der Waals surface area contributed by atoms with Gasteiger partial charge in [-0.1, -0.05) is 11.6 Å². The third-order valence-corrected chi connectivity index (χ3v) is 3.22. The lowest BCUT2D eigenvalue weighted by Crippen LogP contribution is -2.28. The summed E-state index contributed by atoms with van der Waals surface area (Å²) in [4.78, 5) is 22.6. The van der Waals surface area contributed by atoms with Crippen molar-refractivity contribution in [3.05, 3.63) is 59.1 Å². The third-order valence-electron chi connectivity index (χ3n) is 2.97. The van der Waals surface area contributed by atoms with E-state index in [1.807, 2.05) is 0 Å². The molecule has 126 valence electrons. The molecule has 0 aromatic heterocycles. The number of nitrogens with two attached hydrogens (primary N) is 1. The SMILES string of the molecule is NC(=O)COc1ccc(C(=O)NCCOc2ccc(Cl)cc2)cc1. The Kier molecular flexibility index (Phi) is 6.45. The molecular formula is C17H17ClN2O4. The first-order valence-electron chi connectivity index (χ1n) is 7.22. The van der Waals surface area contributed by atoms with Gasteiger partial charge in [-0.15, -0.1) is 0 Å². The van der Waals surface area contributed by atoms with E-state index in [9.17, 15) is 9.59 Å². The van der Waals surface area contributed by atoms with Gasteiger partial charge < -0.3 is 20.5 Å². The Hall–Kier alpha value is -2.73. The molecular weight excluding hydrogens is 332 g/mol. The Morgan fingerprint density at radius 1 is 0.958 bits per heavy atom. The van der Waals surface area contributed by atoms with Crippen molar-refractivity contribution < 1.29 is 19.1 Å². The molecule has 0 bridgehead atoms. The topological polar surface area (TPSA) is 90.7 Å². The molecule has 0 saturated carbocycles. The second-order valence-electron chi connectivity index (χ2n) is 4.84. The zero-order valence-corrected chi connectivity index (χ0v) is 13.6. The van der Waals surface area contributed by atoms with Gasteiger partial charge in [0.15, 0.2) is 6.61 Å². The molecule has 0 aliphatic rings. The highest BCUT2D eigenvalue weighted by Gasteiger charge is 2.05. The maximum absolute atomic E-state index is 12.0. The van der Waals surface area contributed by atoms with E-state index in [0.29, 0.717) is 35.2 Å². The van der Waals surface area contributed by atoms with Gasteiger partial charge in [-0.2, -0.15) is 0 Å². The molecule has 24 heavy (non-hydrogen) atoms. The standard InChI is InChI=1S/C17H17ClN2O4/c18-13-3-7-14(8-4-13)23-10-9-20-17(22)12-1-5-15(6-2-12)24-11-16(19)21/h1-8H,9-11H2,(H2,19,21)(H,20,22). The molecule has 2 rings (SSSR count). The van der Waals surface area contributed by atoms with Crippen LogP contribution >= 0.6 is 11.6 Å². The molecule has 2 aromatic carbocycles. The summed E-state index contributed by atoms with van der Waals surface area (Å²) in [6, 6.07) is 13.4. The van der Waals surface area contributed by atoms with Crippen molar-refractivity contribution in [3.63, 3.8) is 0 Å². The van der Waals surface area contributed by atoms with Gasteiger partial charge in [-0.25, -0.2) is 0 Å². The van der Waals surface area contributed by atoms with Crippen molar-refractivity contribution in [1.29, 1.82) is 0 Å². The molecule has 0 heterocycles. The Labute approximate surface area is 144 Å². The summed E-state index contributed by atoms with van der Waals surface area (Å²) in [7, 11) is 0. The Morgan fingerprint density at radius 2 is 1.54 bits per heavy atom. The van der Waals surface area contributed by atoms with E-state index >= 15 is 0 Å². The van der Waals surface area contributed by atoms with Gasteiger partial charge in [-0.3, -0.25) is 9.59 Å². The van der Waals surface area contributed by atoms with Crippen molar-refractivity contribution in [2.45, 2.75) is 0 Å². The minimum atomic E-state index is -0.558. The second kappa shape index (κ2) is 8.79. The highest BCUT2D eigenvalue weighted by molar-refractivity contribution is 6.30. The van der Waals surface area contributed by atoms with Gasteiger partial charge in [0.1, 0.15) is 18.1 Å². The zero-order valence-electron chi connectivity index (χ0n) is 12.8. The van der Waals surface area contributed by atoms with E-state index in [-0.39, 0.29) is 12.5 Å². The Bertz CT molecular complexity index is 687. The van der Waals surface area contributed by atoms with Crippen LogP contribution in [0.2, 0.25) is 5.02 Å². The number of hydrogen-bond acceptors (Lipinski definition) is 4. The average molecular weight is 349 g/mol. The zero-order chi connectivity index (χ0) is 17.4. The predicted molar refractivity (Wildman–Crippen MR) is 90.4 cm³/mol. The second-order valence-corrected chi connectivity index (χ2v) is 5.27. The van der Waals surface area contributed by atoms with Gasteiger partial charge in [0.05, 0.1) is 6.54 Å². The van der Waals surface area contributed by atoms with E-state index in [1.165, 1.54) is 0 Å². The van der Waals surface area contributed by atoms with Gasteiger partial charge in [0.2, 0.25) is 0 Å². The number of halogens is 1. The van der Waals surface area contributed by atoms with E-state index in [2.05, 4.69) is 5.32 Å². The van der Waals surface area contributed by atoms with Crippen LogP contribution in [0.4, 0.5) is 0 Å². The fourth-order valence-corrected chi connectivity index (χ4v) is 1.95. The number of hydrogen-bond donors (Lipinski definition) is 2. The van der Waals surface area contributed by atoms with Gasteiger partial charge in [0.25, 0.3) is 11.8 Å². The number of carbonyl (C=O) groups is 2. The minimum absolute atomic E-state index is 0.201. The maximum Gasteiger partial charge on any atom is 0.255 e. The lowest BCUT2D eigenvalue weighted by atomic mass is 10.2. The quantitative estimate of drug-likeness (QED) is 0.714. The summed E-state index contributed by atoms with van der Waals surface area (Å²) < 4.78 is 10.6. The monoisotopic (exact) mass is 348 g/mol. The van der Waals surface area contributed by atoms with Gasteiger partial charge in [0, 0.05) is 10.6 Å². The fourth-order valence-electron chi connectivity index (χ4n) is 1.82. The molecule has 2 aromatic rings. The van der Waals surface area contributed by atoms with Gasteiger partial charge in [-0.05, 0) is 48.5 Å². The summed E-state index contributed by atoms with van der Waals surface area (Å²) >= 11 is 5.78. The third kappa shape index (κ3) is 5.81. The van der Waals surface area contributed by atoms with Crippen LogP contribution in [-0.4, -0.2) is 31.6 Å². The van der Waals surface area contributed by atoms with E-state index in [4.69, 9.17) is 26.8 Å². The fraction of sp³-hybridized carbons (Fsp3) is 0.176. The van der Waals surface area contributed by atoms with Crippen molar-refractivity contribution in [1.82, 2.24) is 5.32 Å². The molecule has 7 heteroatoms. The summed E-state index contributed by atoms with van der Waals surface area (Å²) in [6.45, 7) is 0.502. The normalized spacial score (nSPS) is 10.0. The van der Waals surface area contributed by atoms with Crippen LogP contribution in [0.25, 0.3) is 0 Å². The lowest BCUT2D eigenvalue weighted by molar-refractivity contribution is -0.119. The molecule has 3 N–H and O–H groups in total. The molecule has 0 spiro atoms. The molecule has 2 amide bonds. The predicted octanol–water partition coefficient (Wildman–Crippen LogP) is 2.01. The number of ether oxygens (including phenoxy) is 2. The molecule has 0 atom stereocenters. The minimum Gasteiger partial charge on any atom is -0.492 e. The number of amides is 2. The molecule has 0 saturated heterocycles. The first kappa shape index (κ1) is 17.6. The highest BCUT2D eigenvalue weighted by atomic mass is 35.5. The van der Waals surface area contributed by atoms with Crippen LogP contribution in [0.5, 0.6) is 11.5 Å². The first-order valence-corrected chi connectivity index (χ1v) is 7.60. The van der Waals surface area contributed by atoms with Crippen LogP contribution in [-0.2, 0) is 4.79 Å². The first-order chi connectivity index (χ1) is 11.5. The number of primary amides is 1. The van der Waals surface area contributed by atoms with Crippen molar-refractivity contribution in [3.8, 4) is 11.5 Å². The molecule has 0 radical (unpaired) electrons. The van der Waals surface area contributed by atoms with Crippen LogP contribution in [0.3, 0.4) is 0 Å². The summed E-state index contributed by atoms with van der Waals surface area (Å²) in [5, 5.41) is 3.38. The van der Waals surface area contributed by atoms with E-state index in [1.54, 1.807) is 48.5 Å². The lowest BCUT2D eigenvalue weighted by Gasteiger charge is -2.08. The summed E-state index contributed by atoms with van der Waals surface area (Å²) in [6.07, 6.45) is 0. The van der Waals surface area contributed by atoms with E-state index < -0.39 is 5.91 Å². The number of nitrogens with one attached hydrogen (secondary N) is 1. The summed E-state index contributed by atoms with van der Waals surface area (Å²) in [5.74, 6) is 0.370. The smallest absolute Gasteiger partial charge is 0.255 e. The molecule has 0 unspecified atom stereocenters. The average Bonchev–Trinajstić information content (AvgIpc) is 2.58.